The molecule has 1 amide bonds. The topological polar surface area (TPSA) is 63.2 Å². The number of carbonyl (C=O) groups is 1. The highest BCUT2D eigenvalue weighted by Gasteiger charge is 2.32. The highest BCUT2D eigenvalue weighted by Crippen LogP contribution is 2.26. The highest BCUT2D eigenvalue weighted by molar-refractivity contribution is 7.99. The van der Waals surface area contributed by atoms with Gasteiger partial charge in [0.1, 0.15) is 0 Å². The summed E-state index contributed by atoms with van der Waals surface area (Å²) in [5.74, 6) is -3.46. The second-order valence-corrected chi connectivity index (χ2v) is 7.78. The molecule has 0 spiro atoms. The zero-order valence-electron chi connectivity index (χ0n) is 10.4. The molecule has 0 saturated carbocycles. The molecule has 0 unspecified atom stereocenters. The molecule has 2 rings (SSSR count). The Morgan fingerprint density at radius 1 is 1.30 bits per heavy atom. The van der Waals surface area contributed by atoms with Crippen LogP contribution in [0.5, 0.6) is 0 Å². The smallest absolute Gasteiger partial charge is 0.288 e. The maximum Gasteiger partial charge on any atom is 0.288 e. The molecule has 1 aromatic rings. The normalized spacial score (nSPS) is 21.1. The van der Waals surface area contributed by atoms with Crippen molar-refractivity contribution in [1.29, 1.82) is 0 Å². The highest BCUT2D eigenvalue weighted by atomic mass is 32.2. The van der Waals surface area contributed by atoms with E-state index < -0.39 is 21.5 Å². The molecule has 1 N–H and O–H groups in total. The van der Waals surface area contributed by atoms with Gasteiger partial charge in [-0.2, -0.15) is 8.78 Å². The van der Waals surface area contributed by atoms with Gasteiger partial charge in [-0.15, -0.1) is 0 Å². The van der Waals surface area contributed by atoms with E-state index >= 15 is 0 Å². The van der Waals surface area contributed by atoms with Crippen molar-refractivity contribution >= 4 is 33.2 Å². The lowest BCUT2D eigenvalue weighted by molar-refractivity contribution is -0.119. The molecule has 1 atom stereocenters. The molecule has 4 nitrogen and oxygen atoms in total. The number of alkyl halides is 2. The maximum absolute atomic E-state index is 12.1. The zero-order valence-corrected chi connectivity index (χ0v) is 12.0. The van der Waals surface area contributed by atoms with Crippen LogP contribution in [-0.2, 0) is 14.6 Å². The van der Waals surface area contributed by atoms with E-state index in [0.717, 1.165) is 0 Å². The van der Waals surface area contributed by atoms with Crippen molar-refractivity contribution in [3.8, 4) is 0 Å². The molecule has 1 heterocycles. The van der Waals surface area contributed by atoms with Gasteiger partial charge in [-0.1, -0.05) is 11.8 Å². The molecule has 1 aliphatic rings. The van der Waals surface area contributed by atoms with Crippen LogP contribution in [0.1, 0.15) is 6.42 Å². The van der Waals surface area contributed by atoms with E-state index in [4.69, 9.17) is 0 Å². The average molecular weight is 321 g/mol. The number of benzene rings is 1. The largest absolute Gasteiger partial charge is 0.326 e. The maximum atomic E-state index is 12.1. The summed E-state index contributed by atoms with van der Waals surface area (Å²) >= 11 is 0.426. The van der Waals surface area contributed by atoms with Crippen molar-refractivity contribution in [3.63, 3.8) is 0 Å². The van der Waals surface area contributed by atoms with Crippen molar-refractivity contribution in [2.75, 3.05) is 16.8 Å². The first-order valence-corrected chi connectivity index (χ1v) is 8.62. The monoisotopic (exact) mass is 321 g/mol. The molecule has 1 aromatic carbocycles. The predicted octanol–water partition coefficient (Wildman–Crippen LogP) is 2.37. The number of anilines is 1. The molecule has 0 aliphatic carbocycles. The summed E-state index contributed by atoms with van der Waals surface area (Å²) in [6.45, 7) is 0. The molecule has 1 aliphatic heterocycles. The Kier molecular flexibility index (Phi) is 4.64. The SMILES string of the molecule is O=C(Nc1ccc(SC(F)F)cc1)[C@@H]1CCS(=O)(=O)C1. The van der Waals surface area contributed by atoms with Crippen molar-refractivity contribution in [1.82, 2.24) is 0 Å². The third-order valence-electron chi connectivity index (χ3n) is 2.95. The van der Waals surface area contributed by atoms with E-state index in [9.17, 15) is 22.0 Å². The van der Waals surface area contributed by atoms with Gasteiger partial charge in [0, 0.05) is 10.6 Å². The molecule has 0 aromatic heterocycles. The summed E-state index contributed by atoms with van der Waals surface area (Å²) in [7, 11) is -3.10. The molecule has 20 heavy (non-hydrogen) atoms. The molecule has 0 radical (unpaired) electrons. The van der Waals surface area contributed by atoms with E-state index in [1.54, 1.807) is 0 Å². The summed E-state index contributed by atoms with van der Waals surface area (Å²) < 4.78 is 46.9. The van der Waals surface area contributed by atoms with Crippen LogP contribution in [0.25, 0.3) is 0 Å². The van der Waals surface area contributed by atoms with Gasteiger partial charge in [0.05, 0.1) is 17.4 Å². The first kappa shape index (κ1) is 15.2. The average Bonchev–Trinajstić information content (AvgIpc) is 2.72. The molecule has 1 fully saturated rings. The lowest BCUT2D eigenvalue weighted by Crippen LogP contribution is -2.23. The van der Waals surface area contributed by atoms with Gasteiger partial charge in [-0.3, -0.25) is 4.79 Å². The molecular weight excluding hydrogens is 308 g/mol. The fraction of sp³-hybridized carbons (Fsp3) is 0.417. The fourth-order valence-corrected chi connectivity index (χ4v) is 4.21. The number of carbonyl (C=O) groups excluding carboxylic acids is 1. The number of hydrogen-bond donors (Lipinski definition) is 1. The Balaban J connectivity index is 1.95. The van der Waals surface area contributed by atoms with Crippen molar-refractivity contribution in [2.24, 2.45) is 5.92 Å². The van der Waals surface area contributed by atoms with E-state index in [-0.39, 0.29) is 17.4 Å². The lowest BCUT2D eigenvalue weighted by atomic mass is 10.1. The van der Waals surface area contributed by atoms with Crippen molar-refractivity contribution < 1.29 is 22.0 Å². The zero-order chi connectivity index (χ0) is 14.8. The van der Waals surface area contributed by atoms with Gasteiger partial charge in [0.15, 0.2) is 9.84 Å². The van der Waals surface area contributed by atoms with Crippen molar-refractivity contribution in [3.05, 3.63) is 24.3 Å². The first-order valence-electron chi connectivity index (χ1n) is 5.92. The quantitative estimate of drug-likeness (QED) is 0.865. The Morgan fingerprint density at radius 3 is 2.45 bits per heavy atom. The number of halogens is 2. The van der Waals surface area contributed by atoms with Gasteiger partial charge in [-0.25, -0.2) is 8.42 Å². The van der Waals surface area contributed by atoms with Crippen LogP contribution in [0, 0.1) is 5.92 Å². The summed E-state index contributed by atoms with van der Waals surface area (Å²) in [5.41, 5.74) is 0.470. The summed E-state index contributed by atoms with van der Waals surface area (Å²) in [5, 5.41) is 2.60. The van der Waals surface area contributed by atoms with Gasteiger partial charge < -0.3 is 5.32 Å². The Hall–Kier alpha value is -1.15. The predicted molar refractivity (Wildman–Crippen MR) is 73.7 cm³/mol. The Bertz CT molecular complexity index is 587. The first-order chi connectivity index (χ1) is 9.35. The summed E-state index contributed by atoms with van der Waals surface area (Å²) in [6.07, 6.45) is 0.327. The second-order valence-electron chi connectivity index (χ2n) is 4.49. The molecule has 8 heteroatoms. The third-order valence-corrected chi connectivity index (χ3v) is 5.44. The van der Waals surface area contributed by atoms with Gasteiger partial charge in [0.2, 0.25) is 5.91 Å². The van der Waals surface area contributed by atoms with Crippen LogP contribution >= 0.6 is 11.8 Å². The van der Waals surface area contributed by atoms with E-state index in [1.165, 1.54) is 24.3 Å². The van der Waals surface area contributed by atoms with E-state index in [0.29, 0.717) is 28.8 Å². The summed E-state index contributed by atoms with van der Waals surface area (Å²) in [6, 6.07) is 6.01. The van der Waals surface area contributed by atoms with Crippen molar-refractivity contribution in [2.45, 2.75) is 17.1 Å². The second kappa shape index (κ2) is 6.09. The fourth-order valence-electron chi connectivity index (χ4n) is 1.97. The van der Waals surface area contributed by atoms with E-state index in [1.807, 2.05) is 0 Å². The number of thioether (sulfide) groups is 1. The van der Waals surface area contributed by atoms with Gasteiger partial charge in [-0.05, 0) is 30.7 Å². The number of hydrogen-bond acceptors (Lipinski definition) is 4. The minimum Gasteiger partial charge on any atom is -0.326 e. The van der Waals surface area contributed by atoms with Crippen LogP contribution in [0.15, 0.2) is 29.2 Å². The molecular formula is C12H13F2NO3S2. The third kappa shape index (κ3) is 4.17. The molecule has 0 bridgehead atoms. The standard InChI is InChI=1S/C12H13F2NO3S2/c13-12(14)19-10-3-1-9(2-4-10)15-11(16)8-5-6-20(17,18)7-8/h1-4,8,12H,5-7H2,(H,15,16)/t8-/m1/s1. The summed E-state index contributed by atoms with van der Waals surface area (Å²) in [4.78, 5) is 12.3. The number of sulfone groups is 1. The van der Waals surface area contributed by atoms with Crippen LogP contribution in [0.4, 0.5) is 14.5 Å². The Morgan fingerprint density at radius 2 is 1.95 bits per heavy atom. The number of amides is 1. The van der Waals surface area contributed by atoms with Gasteiger partial charge in [0.25, 0.3) is 5.76 Å². The van der Waals surface area contributed by atoms with Gasteiger partial charge >= 0.3 is 0 Å². The minimum absolute atomic E-state index is 0.0368. The lowest BCUT2D eigenvalue weighted by Gasteiger charge is -2.10. The molecule has 110 valence electrons. The van der Waals surface area contributed by atoms with E-state index in [2.05, 4.69) is 5.32 Å². The van der Waals surface area contributed by atoms with Crippen LogP contribution in [0.2, 0.25) is 0 Å². The number of nitrogens with one attached hydrogen (secondary N) is 1. The molecule has 1 saturated heterocycles. The van der Waals surface area contributed by atoms with Crippen LogP contribution in [0.3, 0.4) is 0 Å². The number of rotatable bonds is 4. The van der Waals surface area contributed by atoms with Crippen LogP contribution in [-0.4, -0.2) is 31.6 Å². The Labute approximate surface area is 119 Å². The minimum atomic E-state index is -3.10. The van der Waals surface area contributed by atoms with Crippen LogP contribution < -0.4 is 5.32 Å².